The van der Waals surface area contributed by atoms with Crippen LogP contribution in [0, 0.1) is 0 Å². The van der Waals surface area contributed by atoms with Gasteiger partial charge in [0.25, 0.3) is 0 Å². The first-order chi connectivity index (χ1) is 24.3. The Labute approximate surface area is 301 Å². The Balaban J connectivity index is 3.66. The highest BCUT2D eigenvalue weighted by atomic mass is 16.5. The predicted molar refractivity (Wildman–Crippen MR) is 196 cm³/mol. The Morgan fingerprint density at radius 1 is 0.560 bits per heavy atom. The van der Waals surface area contributed by atoms with Crippen LogP contribution >= 0.6 is 0 Å². The maximum absolute atomic E-state index is 12.5. The number of carbonyl (C=O) groups is 5. The lowest BCUT2D eigenvalue weighted by atomic mass is 10.0. The molecule has 1 unspecified atom stereocenters. The lowest BCUT2D eigenvalue weighted by Gasteiger charge is -2.19. The SMILES string of the molecule is C=C(C)C(CCC(=O)NCCOCCOCC(=O)NCCOCCOCC(C)=O)NC(=O)CCCCCCCCCCCCCCCCC=O. The van der Waals surface area contributed by atoms with E-state index in [1.54, 1.807) is 0 Å². The Kier molecular flexibility index (Phi) is 34.2. The summed E-state index contributed by atoms with van der Waals surface area (Å²) in [5.41, 5.74) is 0.832. The summed E-state index contributed by atoms with van der Waals surface area (Å²) in [7, 11) is 0. The van der Waals surface area contributed by atoms with Crippen LogP contribution in [0.5, 0.6) is 0 Å². The number of rotatable bonds is 38. The molecule has 290 valence electrons. The van der Waals surface area contributed by atoms with Crippen LogP contribution < -0.4 is 16.0 Å². The monoisotopic (exact) mass is 712 g/mol. The van der Waals surface area contributed by atoms with E-state index in [1.165, 1.54) is 71.1 Å². The molecule has 0 aliphatic rings. The number of hydrogen-bond donors (Lipinski definition) is 3. The van der Waals surface area contributed by atoms with E-state index < -0.39 is 0 Å². The third-order valence-electron chi connectivity index (χ3n) is 7.99. The molecule has 1 atom stereocenters. The molecule has 0 saturated carbocycles. The number of ether oxygens (including phenoxy) is 4. The molecule has 0 bridgehead atoms. The fraction of sp³-hybridized carbons (Fsp3) is 0.816. The summed E-state index contributed by atoms with van der Waals surface area (Å²) in [5, 5.41) is 8.53. The Bertz CT molecular complexity index is 901. The van der Waals surface area contributed by atoms with Gasteiger partial charge >= 0.3 is 0 Å². The molecule has 0 fully saturated rings. The first kappa shape index (κ1) is 47.3. The number of amides is 3. The van der Waals surface area contributed by atoms with E-state index in [1.807, 2.05) is 6.92 Å². The van der Waals surface area contributed by atoms with Crippen LogP contribution in [0.1, 0.15) is 129 Å². The van der Waals surface area contributed by atoms with Crippen molar-refractivity contribution >= 4 is 29.8 Å². The molecular weight excluding hydrogens is 642 g/mol. The number of hydrogen-bond acceptors (Lipinski definition) is 9. The molecule has 0 heterocycles. The van der Waals surface area contributed by atoms with Gasteiger partial charge in [0.1, 0.15) is 19.5 Å². The highest BCUT2D eigenvalue weighted by molar-refractivity contribution is 5.78. The van der Waals surface area contributed by atoms with Gasteiger partial charge in [-0.15, -0.1) is 0 Å². The number of aldehydes is 1. The molecule has 0 aromatic carbocycles. The molecule has 0 aliphatic heterocycles. The van der Waals surface area contributed by atoms with Gasteiger partial charge in [-0.1, -0.05) is 89.2 Å². The summed E-state index contributed by atoms with van der Waals surface area (Å²) >= 11 is 0. The Morgan fingerprint density at radius 2 is 1.02 bits per heavy atom. The van der Waals surface area contributed by atoms with Crippen LogP contribution in [0.15, 0.2) is 12.2 Å². The number of Topliss-reactive ketones (excluding diaryl/α,β-unsaturated/α-hetero) is 1. The summed E-state index contributed by atoms with van der Waals surface area (Å²) in [6.45, 7) is 9.87. The van der Waals surface area contributed by atoms with Crippen LogP contribution in [-0.2, 0) is 42.9 Å². The van der Waals surface area contributed by atoms with Crippen molar-refractivity contribution in [2.45, 2.75) is 135 Å². The molecule has 50 heavy (non-hydrogen) atoms. The zero-order valence-electron chi connectivity index (χ0n) is 31.3. The molecule has 0 aromatic rings. The van der Waals surface area contributed by atoms with E-state index in [2.05, 4.69) is 22.5 Å². The lowest BCUT2D eigenvalue weighted by molar-refractivity contribution is -0.127. The summed E-state index contributed by atoms with van der Waals surface area (Å²) < 4.78 is 21.1. The van der Waals surface area contributed by atoms with E-state index in [0.29, 0.717) is 65.4 Å². The summed E-state index contributed by atoms with van der Waals surface area (Å²) in [4.78, 5) is 57.6. The summed E-state index contributed by atoms with van der Waals surface area (Å²) in [5.74, 6) is -0.401. The van der Waals surface area contributed by atoms with Crippen molar-refractivity contribution in [3.8, 4) is 0 Å². The third kappa shape index (κ3) is 35.2. The molecule has 3 amide bonds. The van der Waals surface area contributed by atoms with Crippen molar-refractivity contribution in [1.82, 2.24) is 16.0 Å². The summed E-state index contributed by atoms with van der Waals surface area (Å²) in [6, 6.07) is -0.230. The zero-order valence-corrected chi connectivity index (χ0v) is 31.3. The van der Waals surface area contributed by atoms with Crippen LogP contribution in [-0.4, -0.2) is 102 Å². The van der Waals surface area contributed by atoms with Gasteiger partial charge in [0.2, 0.25) is 17.7 Å². The second-order valence-electron chi connectivity index (χ2n) is 12.9. The number of unbranched alkanes of at least 4 members (excludes halogenated alkanes) is 14. The third-order valence-corrected chi connectivity index (χ3v) is 7.99. The minimum Gasteiger partial charge on any atom is -0.377 e. The Morgan fingerprint density at radius 3 is 1.52 bits per heavy atom. The van der Waals surface area contributed by atoms with Crippen LogP contribution in [0.4, 0.5) is 0 Å². The van der Waals surface area contributed by atoms with Gasteiger partial charge in [0, 0.05) is 38.4 Å². The largest absolute Gasteiger partial charge is 0.377 e. The van der Waals surface area contributed by atoms with Gasteiger partial charge in [0.15, 0.2) is 5.78 Å². The molecule has 0 aliphatic carbocycles. The number of ketones is 1. The fourth-order valence-corrected chi connectivity index (χ4v) is 5.10. The molecule has 3 N–H and O–H groups in total. The van der Waals surface area contributed by atoms with E-state index in [4.69, 9.17) is 18.9 Å². The van der Waals surface area contributed by atoms with E-state index in [9.17, 15) is 24.0 Å². The average molecular weight is 712 g/mol. The van der Waals surface area contributed by atoms with Crippen LogP contribution in [0.2, 0.25) is 0 Å². The van der Waals surface area contributed by atoms with Gasteiger partial charge in [-0.05, 0) is 33.1 Å². The Hall–Kier alpha value is -2.67. The second-order valence-corrected chi connectivity index (χ2v) is 12.9. The van der Waals surface area contributed by atoms with Crippen LogP contribution in [0.3, 0.4) is 0 Å². The fourth-order valence-electron chi connectivity index (χ4n) is 5.10. The highest BCUT2D eigenvalue weighted by Crippen LogP contribution is 2.14. The lowest BCUT2D eigenvalue weighted by Crippen LogP contribution is -2.37. The molecule has 12 nitrogen and oxygen atoms in total. The van der Waals surface area contributed by atoms with Crippen molar-refractivity contribution in [3.05, 3.63) is 12.2 Å². The maximum Gasteiger partial charge on any atom is 0.246 e. The van der Waals surface area contributed by atoms with Crippen molar-refractivity contribution in [2.24, 2.45) is 0 Å². The summed E-state index contributed by atoms with van der Waals surface area (Å²) in [6.07, 6.45) is 19.9. The molecule has 0 aromatic heterocycles. The van der Waals surface area contributed by atoms with Crippen LogP contribution in [0.25, 0.3) is 0 Å². The number of carbonyl (C=O) groups excluding carboxylic acids is 5. The highest BCUT2D eigenvalue weighted by Gasteiger charge is 2.15. The van der Waals surface area contributed by atoms with Crippen molar-refractivity contribution in [2.75, 3.05) is 65.9 Å². The van der Waals surface area contributed by atoms with E-state index in [0.717, 1.165) is 37.5 Å². The molecular formula is C38H69N3O9. The van der Waals surface area contributed by atoms with Crippen molar-refractivity contribution in [3.63, 3.8) is 0 Å². The quantitative estimate of drug-likeness (QED) is 0.0447. The maximum atomic E-state index is 12.5. The molecule has 0 radical (unpaired) electrons. The topological polar surface area (TPSA) is 158 Å². The normalized spacial score (nSPS) is 11.6. The second kappa shape index (κ2) is 36.1. The van der Waals surface area contributed by atoms with Gasteiger partial charge in [-0.3, -0.25) is 19.2 Å². The van der Waals surface area contributed by atoms with Crippen molar-refractivity contribution in [1.29, 1.82) is 0 Å². The van der Waals surface area contributed by atoms with Gasteiger partial charge in [-0.2, -0.15) is 0 Å². The molecule has 12 heteroatoms. The molecule has 0 rings (SSSR count). The van der Waals surface area contributed by atoms with Gasteiger partial charge in [0.05, 0.1) is 39.6 Å². The minimum atomic E-state index is -0.257. The van der Waals surface area contributed by atoms with E-state index >= 15 is 0 Å². The van der Waals surface area contributed by atoms with Gasteiger partial charge < -0.3 is 39.7 Å². The van der Waals surface area contributed by atoms with Gasteiger partial charge in [-0.25, -0.2) is 0 Å². The smallest absolute Gasteiger partial charge is 0.246 e. The van der Waals surface area contributed by atoms with Crippen molar-refractivity contribution < 1.29 is 42.9 Å². The minimum absolute atomic E-state index is 0.00781. The number of nitrogens with one attached hydrogen (secondary N) is 3. The van der Waals surface area contributed by atoms with E-state index in [-0.39, 0.29) is 55.8 Å². The molecule has 0 spiro atoms. The average Bonchev–Trinajstić information content (AvgIpc) is 3.08. The zero-order chi connectivity index (χ0) is 36.9. The standard InChI is InChI=1S/C38H69N3O9/c1-33(2)35(41-37(45)19-17-15-13-11-9-7-5-4-6-8-10-12-14-16-18-24-42)20-21-36(44)39-22-25-47-28-30-50-32-38(46)40-23-26-48-27-29-49-31-34(3)43/h24,35H,1,4-23,25-32H2,2-3H3,(H,39,44)(H,40,46)(H,41,45). The first-order valence-corrected chi connectivity index (χ1v) is 19.0. The first-order valence-electron chi connectivity index (χ1n) is 19.0. The molecule has 0 saturated heterocycles. The predicted octanol–water partition coefficient (Wildman–Crippen LogP) is 5.16.